The summed E-state index contributed by atoms with van der Waals surface area (Å²) in [6.07, 6.45) is 5.54. The first-order valence-corrected chi connectivity index (χ1v) is 6.73. The summed E-state index contributed by atoms with van der Waals surface area (Å²) in [5.41, 5.74) is 1.74. The smallest absolute Gasteiger partial charge is 0.0876 e. The minimum absolute atomic E-state index is 0.307. The molecular weight excluding hydrogens is 240 g/mol. The maximum atomic E-state index is 10.2. The van der Waals surface area contributed by atoms with Crippen LogP contribution in [0.25, 0.3) is 0 Å². The Kier molecular flexibility index (Phi) is 4.04. The van der Waals surface area contributed by atoms with Gasteiger partial charge in [-0.25, -0.2) is 0 Å². The van der Waals surface area contributed by atoms with Gasteiger partial charge in [0.05, 0.1) is 18.0 Å². The minimum Gasteiger partial charge on any atom is -0.388 e. The zero-order valence-electron chi connectivity index (χ0n) is 12.0. The standard InChI is InChI=1S/C14H22N4O/c1-10(2)17-6-5-13(16-17)7-14(19)12-8-15-18(9-12)11(3)4/h5-6,8-11,14,19H,7H2,1-4H3. The Balaban J connectivity index is 2.04. The van der Waals surface area contributed by atoms with E-state index in [0.29, 0.717) is 18.5 Å². The van der Waals surface area contributed by atoms with Crippen LogP contribution in [0.5, 0.6) is 0 Å². The van der Waals surface area contributed by atoms with Crippen LogP contribution in [0.2, 0.25) is 0 Å². The van der Waals surface area contributed by atoms with Crippen molar-refractivity contribution in [3.8, 4) is 0 Å². The Morgan fingerprint density at radius 2 is 1.84 bits per heavy atom. The highest BCUT2D eigenvalue weighted by Gasteiger charge is 2.14. The molecule has 2 rings (SSSR count). The van der Waals surface area contributed by atoms with E-state index in [0.717, 1.165) is 11.3 Å². The van der Waals surface area contributed by atoms with Gasteiger partial charge in [0.1, 0.15) is 0 Å². The number of nitrogens with zero attached hydrogens (tertiary/aromatic N) is 4. The molecule has 0 saturated heterocycles. The third-order valence-corrected chi connectivity index (χ3v) is 3.13. The molecule has 5 nitrogen and oxygen atoms in total. The van der Waals surface area contributed by atoms with E-state index in [2.05, 4.69) is 37.9 Å². The Morgan fingerprint density at radius 3 is 2.37 bits per heavy atom. The highest BCUT2D eigenvalue weighted by molar-refractivity contribution is 5.12. The van der Waals surface area contributed by atoms with Crippen molar-refractivity contribution in [3.63, 3.8) is 0 Å². The molecule has 0 aromatic carbocycles. The second-order valence-electron chi connectivity index (χ2n) is 5.45. The fourth-order valence-electron chi connectivity index (χ4n) is 1.90. The highest BCUT2D eigenvalue weighted by Crippen LogP contribution is 2.18. The van der Waals surface area contributed by atoms with E-state index in [1.807, 2.05) is 27.8 Å². The monoisotopic (exact) mass is 262 g/mol. The fourth-order valence-corrected chi connectivity index (χ4v) is 1.90. The van der Waals surface area contributed by atoms with Crippen LogP contribution in [-0.4, -0.2) is 24.7 Å². The van der Waals surface area contributed by atoms with Crippen molar-refractivity contribution in [1.82, 2.24) is 19.6 Å². The number of aliphatic hydroxyl groups excluding tert-OH is 1. The number of aromatic nitrogens is 4. The van der Waals surface area contributed by atoms with Gasteiger partial charge in [0.2, 0.25) is 0 Å². The Labute approximate surface area is 113 Å². The van der Waals surface area contributed by atoms with Gasteiger partial charge in [-0.05, 0) is 33.8 Å². The maximum Gasteiger partial charge on any atom is 0.0876 e. The van der Waals surface area contributed by atoms with Crippen molar-refractivity contribution in [1.29, 1.82) is 0 Å². The van der Waals surface area contributed by atoms with Gasteiger partial charge in [-0.15, -0.1) is 0 Å². The number of rotatable bonds is 5. The molecule has 2 aromatic rings. The summed E-state index contributed by atoms with van der Waals surface area (Å²) >= 11 is 0. The van der Waals surface area contributed by atoms with Gasteiger partial charge in [0, 0.05) is 36.5 Å². The van der Waals surface area contributed by atoms with Crippen LogP contribution >= 0.6 is 0 Å². The van der Waals surface area contributed by atoms with Crippen LogP contribution in [0.4, 0.5) is 0 Å². The quantitative estimate of drug-likeness (QED) is 0.900. The van der Waals surface area contributed by atoms with Gasteiger partial charge in [0.25, 0.3) is 0 Å². The Hall–Kier alpha value is -1.62. The van der Waals surface area contributed by atoms with Gasteiger partial charge >= 0.3 is 0 Å². The van der Waals surface area contributed by atoms with E-state index in [4.69, 9.17) is 0 Å². The molecular formula is C14H22N4O. The van der Waals surface area contributed by atoms with Crippen molar-refractivity contribution >= 4 is 0 Å². The van der Waals surface area contributed by atoms with Gasteiger partial charge in [-0.3, -0.25) is 9.36 Å². The number of hydrogen-bond acceptors (Lipinski definition) is 3. The summed E-state index contributed by atoms with van der Waals surface area (Å²) in [5, 5.41) is 18.9. The summed E-state index contributed by atoms with van der Waals surface area (Å²) in [6.45, 7) is 8.29. The largest absolute Gasteiger partial charge is 0.388 e. The highest BCUT2D eigenvalue weighted by atomic mass is 16.3. The number of aliphatic hydroxyl groups is 1. The van der Waals surface area contributed by atoms with Gasteiger partial charge in [-0.1, -0.05) is 0 Å². The van der Waals surface area contributed by atoms with E-state index in [1.165, 1.54) is 0 Å². The molecule has 0 bridgehead atoms. The molecule has 0 amide bonds. The molecule has 0 spiro atoms. The van der Waals surface area contributed by atoms with Crippen molar-refractivity contribution < 1.29 is 5.11 Å². The molecule has 19 heavy (non-hydrogen) atoms. The predicted octanol–water partition coefficient (Wildman–Crippen LogP) is 2.52. The Bertz CT molecular complexity index is 527. The van der Waals surface area contributed by atoms with E-state index in [1.54, 1.807) is 6.20 Å². The fraction of sp³-hybridized carbons (Fsp3) is 0.571. The van der Waals surface area contributed by atoms with Gasteiger partial charge < -0.3 is 5.11 Å². The lowest BCUT2D eigenvalue weighted by Gasteiger charge is -2.07. The van der Waals surface area contributed by atoms with E-state index >= 15 is 0 Å². The average Bonchev–Trinajstić information content (AvgIpc) is 2.96. The Morgan fingerprint density at radius 1 is 1.16 bits per heavy atom. The molecule has 0 saturated carbocycles. The van der Waals surface area contributed by atoms with E-state index < -0.39 is 6.10 Å². The van der Waals surface area contributed by atoms with Crippen molar-refractivity contribution in [2.75, 3.05) is 0 Å². The van der Waals surface area contributed by atoms with Crippen LogP contribution < -0.4 is 0 Å². The van der Waals surface area contributed by atoms with Crippen LogP contribution in [0.15, 0.2) is 24.7 Å². The minimum atomic E-state index is -0.553. The number of hydrogen-bond donors (Lipinski definition) is 1. The van der Waals surface area contributed by atoms with Gasteiger partial charge in [-0.2, -0.15) is 10.2 Å². The second-order valence-corrected chi connectivity index (χ2v) is 5.45. The lowest BCUT2D eigenvalue weighted by Crippen LogP contribution is -2.05. The summed E-state index contributed by atoms with van der Waals surface area (Å²) in [5.74, 6) is 0. The van der Waals surface area contributed by atoms with Crippen molar-refractivity contribution in [2.45, 2.75) is 52.3 Å². The van der Waals surface area contributed by atoms with Crippen LogP contribution in [-0.2, 0) is 6.42 Å². The van der Waals surface area contributed by atoms with E-state index in [-0.39, 0.29) is 0 Å². The lowest BCUT2D eigenvalue weighted by molar-refractivity contribution is 0.176. The summed E-state index contributed by atoms with van der Waals surface area (Å²) < 4.78 is 3.75. The van der Waals surface area contributed by atoms with Crippen LogP contribution in [0.1, 0.15) is 57.1 Å². The third-order valence-electron chi connectivity index (χ3n) is 3.13. The molecule has 1 unspecified atom stereocenters. The van der Waals surface area contributed by atoms with Crippen molar-refractivity contribution in [2.24, 2.45) is 0 Å². The molecule has 2 aromatic heterocycles. The van der Waals surface area contributed by atoms with Crippen molar-refractivity contribution in [3.05, 3.63) is 35.9 Å². The average molecular weight is 262 g/mol. The second kappa shape index (κ2) is 5.57. The molecule has 2 heterocycles. The zero-order valence-corrected chi connectivity index (χ0v) is 12.0. The molecule has 0 radical (unpaired) electrons. The molecule has 0 aliphatic heterocycles. The first-order valence-electron chi connectivity index (χ1n) is 6.73. The summed E-state index contributed by atoms with van der Waals surface area (Å²) in [6, 6.07) is 2.60. The molecule has 0 aliphatic rings. The molecule has 1 N–H and O–H groups in total. The molecule has 1 atom stereocenters. The molecule has 5 heteroatoms. The third kappa shape index (κ3) is 3.23. The summed E-state index contributed by atoms with van der Waals surface area (Å²) in [4.78, 5) is 0. The van der Waals surface area contributed by atoms with Crippen LogP contribution in [0.3, 0.4) is 0 Å². The topological polar surface area (TPSA) is 55.9 Å². The predicted molar refractivity (Wildman–Crippen MR) is 73.9 cm³/mol. The summed E-state index contributed by atoms with van der Waals surface area (Å²) in [7, 11) is 0. The van der Waals surface area contributed by atoms with E-state index in [9.17, 15) is 5.11 Å². The SMILES string of the molecule is CC(C)n1cc(C(O)Cc2ccn(C(C)C)n2)cn1. The first kappa shape index (κ1) is 13.8. The molecule has 0 aliphatic carbocycles. The maximum absolute atomic E-state index is 10.2. The zero-order chi connectivity index (χ0) is 14.0. The molecule has 104 valence electrons. The first-order chi connectivity index (χ1) is 8.97. The van der Waals surface area contributed by atoms with Gasteiger partial charge in [0.15, 0.2) is 0 Å². The van der Waals surface area contributed by atoms with Crippen LogP contribution in [0, 0.1) is 0 Å². The molecule has 0 fully saturated rings. The lowest BCUT2D eigenvalue weighted by atomic mass is 10.1. The normalized spacial score (nSPS) is 13.4.